The van der Waals surface area contributed by atoms with E-state index < -0.39 is 42.2 Å². The number of rotatable bonds is 8. The molecule has 43 heavy (non-hydrogen) atoms. The third kappa shape index (κ3) is 7.34. The Kier molecular flexibility index (Phi) is 9.23. The van der Waals surface area contributed by atoms with Crippen LogP contribution in [0.2, 0.25) is 0 Å². The summed E-state index contributed by atoms with van der Waals surface area (Å²) in [6, 6.07) is 32.8. The van der Waals surface area contributed by atoms with Crippen LogP contribution in [0.5, 0.6) is 0 Å². The molecule has 1 aliphatic rings. The number of carbonyl (C=O) groups is 4. The van der Waals surface area contributed by atoms with Crippen LogP contribution in [0.3, 0.4) is 0 Å². The van der Waals surface area contributed by atoms with Gasteiger partial charge in [-0.1, -0.05) is 72.8 Å². The van der Waals surface area contributed by atoms with Crippen LogP contribution in [0.25, 0.3) is 0 Å². The molecule has 0 aliphatic carbocycles. The summed E-state index contributed by atoms with van der Waals surface area (Å²) < 4.78 is 28.5. The van der Waals surface area contributed by atoms with Crippen molar-refractivity contribution in [3.8, 4) is 0 Å². The lowest BCUT2D eigenvalue weighted by atomic mass is 10.0. The molecular weight excluding hydrogens is 552 g/mol. The van der Waals surface area contributed by atoms with Gasteiger partial charge in [0.1, 0.15) is 12.9 Å². The van der Waals surface area contributed by atoms with E-state index in [9.17, 15) is 19.2 Å². The molecule has 0 saturated carbocycles. The van der Waals surface area contributed by atoms with E-state index in [1.165, 1.54) is 0 Å². The Balaban J connectivity index is 1.48. The lowest BCUT2D eigenvalue weighted by Gasteiger charge is -2.37. The average Bonchev–Trinajstić information content (AvgIpc) is 3.07. The van der Waals surface area contributed by atoms with Gasteiger partial charge < -0.3 is 23.7 Å². The van der Waals surface area contributed by atoms with Gasteiger partial charge in [-0.3, -0.25) is 0 Å². The second kappa shape index (κ2) is 13.8. The van der Waals surface area contributed by atoms with Crippen molar-refractivity contribution in [1.82, 2.24) is 0 Å². The Morgan fingerprint density at radius 2 is 0.930 bits per heavy atom. The Morgan fingerprint density at radius 3 is 1.40 bits per heavy atom. The average molecular weight is 579 g/mol. The summed E-state index contributed by atoms with van der Waals surface area (Å²) >= 11 is 0. The molecule has 1 saturated heterocycles. The van der Waals surface area contributed by atoms with Crippen molar-refractivity contribution >= 4 is 23.9 Å². The molecular formula is C34H26O9. The molecule has 1 heterocycles. The molecule has 0 radical (unpaired) electrons. The van der Waals surface area contributed by atoms with Crippen LogP contribution in [-0.2, 0) is 23.7 Å². The van der Waals surface area contributed by atoms with Crippen LogP contribution >= 0.6 is 0 Å². The predicted molar refractivity (Wildman–Crippen MR) is 153 cm³/mol. The molecule has 4 aromatic carbocycles. The summed E-state index contributed by atoms with van der Waals surface area (Å²) in [5.41, 5.74) is 0.956. The molecule has 9 nitrogen and oxygen atoms in total. The van der Waals surface area contributed by atoms with Gasteiger partial charge in [0.2, 0.25) is 6.10 Å². The first-order valence-corrected chi connectivity index (χ1v) is 13.4. The lowest BCUT2D eigenvalue weighted by Crippen LogP contribution is -2.52. The first-order valence-electron chi connectivity index (χ1n) is 13.4. The maximum Gasteiger partial charge on any atom is 0.343 e. The highest BCUT2D eigenvalue weighted by Crippen LogP contribution is 2.29. The highest BCUT2D eigenvalue weighted by Gasteiger charge is 2.46. The van der Waals surface area contributed by atoms with E-state index in [1.807, 2.05) is 0 Å². The zero-order chi connectivity index (χ0) is 30.0. The number of benzene rings is 4. The van der Waals surface area contributed by atoms with Gasteiger partial charge in [0, 0.05) is 0 Å². The fraction of sp³-hybridized carbons (Fsp3) is 0.118. The third-order valence-electron chi connectivity index (χ3n) is 6.42. The van der Waals surface area contributed by atoms with Gasteiger partial charge in [-0.25, -0.2) is 19.2 Å². The highest BCUT2D eigenvalue weighted by atomic mass is 16.6. The van der Waals surface area contributed by atoms with Crippen molar-refractivity contribution in [3.63, 3.8) is 0 Å². The van der Waals surface area contributed by atoms with E-state index in [1.54, 1.807) is 121 Å². The topological polar surface area (TPSA) is 114 Å². The SMILES string of the molecule is O=C(O/C=C1\OC[C@H](OC(=O)c2ccccc2)[C@@H](OC(=O)c2ccccc2)[C@@H]1OC(=O)c1ccccc1)c1ccccc1. The maximum atomic E-state index is 13.2. The van der Waals surface area contributed by atoms with Gasteiger partial charge in [0.25, 0.3) is 0 Å². The van der Waals surface area contributed by atoms with E-state index in [0.29, 0.717) is 0 Å². The van der Waals surface area contributed by atoms with Crippen molar-refractivity contribution in [3.05, 3.63) is 156 Å². The smallest absolute Gasteiger partial charge is 0.343 e. The fourth-order valence-electron chi connectivity index (χ4n) is 4.23. The van der Waals surface area contributed by atoms with Crippen molar-refractivity contribution in [2.75, 3.05) is 6.61 Å². The summed E-state index contributed by atoms with van der Waals surface area (Å²) in [6.07, 6.45) is -3.03. The molecule has 1 fully saturated rings. The molecule has 0 N–H and O–H groups in total. The Hall–Kier alpha value is -5.70. The number of esters is 4. The molecule has 3 atom stereocenters. The van der Waals surface area contributed by atoms with Crippen molar-refractivity contribution in [1.29, 1.82) is 0 Å². The zero-order valence-electron chi connectivity index (χ0n) is 22.7. The summed E-state index contributed by atoms with van der Waals surface area (Å²) in [5, 5.41) is 0. The molecule has 0 spiro atoms. The number of hydrogen-bond donors (Lipinski definition) is 0. The first kappa shape index (κ1) is 28.8. The molecule has 5 rings (SSSR count). The molecule has 0 aromatic heterocycles. The van der Waals surface area contributed by atoms with Gasteiger partial charge in [-0.2, -0.15) is 0 Å². The molecule has 1 aliphatic heterocycles. The van der Waals surface area contributed by atoms with Gasteiger partial charge in [-0.15, -0.1) is 0 Å². The van der Waals surface area contributed by atoms with Crippen LogP contribution in [0.1, 0.15) is 41.4 Å². The number of carbonyl (C=O) groups excluding carboxylic acids is 4. The van der Waals surface area contributed by atoms with E-state index in [-0.39, 0.29) is 34.6 Å². The molecule has 216 valence electrons. The molecule has 0 unspecified atom stereocenters. The van der Waals surface area contributed by atoms with Crippen molar-refractivity contribution < 1.29 is 42.9 Å². The fourth-order valence-corrected chi connectivity index (χ4v) is 4.23. The predicted octanol–water partition coefficient (Wildman–Crippen LogP) is 5.39. The Bertz CT molecular complexity index is 1590. The monoisotopic (exact) mass is 578 g/mol. The quantitative estimate of drug-likeness (QED) is 0.154. The Labute approximate surface area is 247 Å². The van der Waals surface area contributed by atoms with Crippen LogP contribution in [0.4, 0.5) is 0 Å². The van der Waals surface area contributed by atoms with Crippen molar-refractivity contribution in [2.45, 2.75) is 18.3 Å². The second-order valence-corrected chi connectivity index (χ2v) is 9.34. The van der Waals surface area contributed by atoms with Crippen LogP contribution < -0.4 is 0 Å². The highest BCUT2D eigenvalue weighted by molar-refractivity contribution is 5.91. The molecule has 0 amide bonds. The third-order valence-corrected chi connectivity index (χ3v) is 6.42. The van der Waals surface area contributed by atoms with E-state index >= 15 is 0 Å². The second-order valence-electron chi connectivity index (χ2n) is 9.34. The number of ether oxygens (including phenoxy) is 5. The van der Waals surface area contributed by atoms with E-state index in [4.69, 9.17) is 23.7 Å². The normalized spacial score (nSPS) is 18.5. The summed E-state index contributed by atoms with van der Waals surface area (Å²) in [7, 11) is 0. The van der Waals surface area contributed by atoms with Crippen molar-refractivity contribution in [2.24, 2.45) is 0 Å². The van der Waals surface area contributed by atoms with Crippen LogP contribution in [0, 0.1) is 0 Å². The van der Waals surface area contributed by atoms with Gasteiger partial charge >= 0.3 is 23.9 Å². The minimum absolute atomic E-state index is 0.119. The number of hydrogen-bond acceptors (Lipinski definition) is 9. The van der Waals surface area contributed by atoms with Crippen LogP contribution in [-0.4, -0.2) is 48.8 Å². The maximum absolute atomic E-state index is 13.2. The zero-order valence-corrected chi connectivity index (χ0v) is 22.7. The van der Waals surface area contributed by atoms with E-state index in [0.717, 1.165) is 6.26 Å². The molecule has 9 heteroatoms. The lowest BCUT2D eigenvalue weighted by molar-refractivity contribution is -0.133. The molecule has 0 bridgehead atoms. The summed E-state index contributed by atoms with van der Waals surface area (Å²) in [6.45, 7) is -0.292. The summed E-state index contributed by atoms with van der Waals surface area (Å²) in [5.74, 6) is -3.04. The largest absolute Gasteiger partial charge is 0.487 e. The van der Waals surface area contributed by atoms with Gasteiger partial charge in [0.15, 0.2) is 18.0 Å². The van der Waals surface area contributed by atoms with Crippen LogP contribution in [0.15, 0.2) is 133 Å². The minimum Gasteiger partial charge on any atom is -0.487 e. The first-order chi connectivity index (χ1) is 21.0. The van der Waals surface area contributed by atoms with Gasteiger partial charge in [-0.05, 0) is 48.5 Å². The van der Waals surface area contributed by atoms with E-state index in [2.05, 4.69) is 0 Å². The minimum atomic E-state index is -1.45. The summed E-state index contributed by atoms with van der Waals surface area (Å²) in [4.78, 5) is 52.1. The molecule has 4 aromatic rings. The standard InChI is InChI=1S/C34H26O9/c35-31(23-13-5-1-6-14-23)40-21-27-29(42-33(37)25-17-9-3-10-18-25)30(43-34(38)26-19-11-4-12-20-26)28(22-39-27)41-32(36)24-15-7-2-8-16-24/h1-21,28-30H,22H2/b27-21-/t28-,29+,30+/m0/s1. The van der Waals surface area contributed by atoms with Gasteiger partial charge in [0.05, 0.1) is 22.3 Å². The Morgan fingerprint density at radius 1 is 0.535 bits per heavy atom.